The molecular weight excluding hydrogens is 214 g/mol. The molecule has 1 heterocycles. The fourth-order valence-corrected chi connectivity index (χ4v) is 2.67. The highest BCUT2D eigenvalue weighted by molar-refractivity contribution is 5.83. The average Bonchev–Trinajstić information content (AvgIpc) is 2.57. The molecule has 0 radical (unpaired) electrons. The Kier molecular flexibility index (Phi) is 3.62. The molecule has 0 saturated heterocycles. The summed E-state index contributed by atoms with van der Waals surface area (Å²) in [4.78, 5) is 12.2. The summed E-state index contributed by atoms with van der Waals surface area (Å²) in [6, 6.07) is 2.20. The van der Waals surface area contributed by atoms with Gasteiger partial charge >= 0.3 is 0 Å². The lowest BCUT2D eigenvalue weighted by molar-refractivity contribution is -0.123. The Morgan fingerprint density at radius 2 is 2.35 bits per heavy atom. The van der Waals surface area contributed by atoms with E-state index < -0.39 is 0 Å². The van der Waals surface area contributed by atoms with E-state index in [1.54, 1.807) is 4.68 Å². The third kappa shape index (κ3) is 2.94. The van der Waals surface area contributed by atoms with Gasteiger partial charge in [0, 0.05) is 31.1 Å². The van der Waals surface area contributed by atoms with Crippen molar-refractivity contribution in [3.05, 3.63) is 17.5 Å². The summed E-state index contributed by atoms with van der Waals surface area (Å²) < 4.78 is 1.80. The number of Topliss-reactive ketones (excluding diaryl/α,β-unsaturated/α-hetero) is 1. The van der Waals surface area contributed by atoms with Crippen molar-refractivity contribution in [2.24, 2.45) is 18.7 Å². The Balaban J connectivity index is 1.99. The van der Waals surface area contributed by atoms with Crippen LogP contribution in [-0.2, 0) is 18.3 Å². The van der Waals surface area contributed by atoms with E-state index in [2.05, 4.69) is 5.10 Å². The average molecular weight is 235 g/mol. The van der Waals surface area contributed by atoms with Crippen molar-refractivity contribution in [2.75, 3.05) is 0 Å². The molecule has 1 aliphatic carbocycles. The summed E-state index contributed by atoms with van der Waals surface area (Å²) in [6.45, 7) is 1.95. The van der Waals surface area contributed by atoms with E-state index in [1.807, 2.05) is 20.0 Å². The molecule has 4 heteroatoms. The lowest BCUT2D eigenvalue weighted by Gasteiger charge is -2.25. The molecule has 2 unspecified atom stereocenters. The monoisotopic (exact) mass is 235 g/mol. The third-order valence-electron chi connectivity index (χ3n) is 3.62. The van der Waals surface area contributed by atoms with Crippen LogP contribution in [0.1, 0.15) is 37.1 Å². The Bertz CT molecular complexity index is 411. The van der Waals surface area contributed by atoms with Crippen LogP contribution in [0.5, 0.6) is 0 Å². The molecule has 0 spiro atoms. The molecular formula is C13H21N3O. The summed E-state index contributed by atoms with van der Waals surface area (Å²) >= 11 is 0. The smallest absolute Gasteiger partial charge is 0.141 e. The van der Waals surface area contributed by atoms with Gasteiger partial charge in [0.1, 0.15) is 5.78 Å². The predicted octanol–water partition coefficient (Wildman–Crippen LogP) is 1.36. The topological polar surface area (TPSA) is 60.9 Å². The predicted molar refractivity (Wildman–Crippen MR) is 66.6 cm³/mol. The number of aryl methyl sites for hydroxylation is 2. The molecule has 2 atom stereocenters. The maximum absolute atomic E-state index is 12.2. The van der Waals surface area contributed by atoms with Crippen LogP contribution >= 0.6 is 0 Å². The Hall–Kier alpha value is -1.16. The van der Waals surface area contributed by atoms with Crippen LogP contribution in [0.15, 0.2) is 6.07 Å². The fraction of sp³-hybridized carbons (Fsp3) is 0.692. The number of nitrogens with zero attached hydrogens (tertiary/aromatic N) is 2. The summed E-state index contributed by atoms with van der Waals surface area (Å²) in [5.41, 5.74) is 7.89. The fourth-order valence-electron chi connectivity index (χ4n) is 2.67. The summed E-state index contributed by atoms with van der Waals surface area (Å²) in [7, 11) is 1.89. The number of nitrogens with two attached hydrogens (primary N) is 1. The van der Waals surface area contributed by atoms with Crippen LogP contribution in [0.25, 0.3) is 0 Å². The second-order valence-corrected chi connectivity index (χ2v) is 5.17. The first-order chi connectivity index (χ1) is 8.06. The van der Waals surface area contributed by atoms with Gasteiger partial charge in [-0.25, -0.2) is 0 Å². The molecule has 0 amide bonds. The summed E-state index contributed by atoms with van der Waals surface area (Å²) in [5, 5.41) is 4.26. The van der Waals surface area contributed by atoms with Crippen molar-refractivity contribution in [2.45, 2.75) is 45.1 Å². The molecule has 1 aromatic heterocycles. The van der Waals surface area contributed by atoms with Gasteiger partial charge in [-0.2, -0.15) is 5.10 Å². The molecule has 2 N–H and O–H groups in total. The summed E-state index contributed by atoms with van der Waals surface area (Å²) in [5.74, 6) is 0.483. The second kappa shape index (κ2) is 5.00. The van der Waals surface area contributed by atoms with Crippen LogP contribution < -0.4 is 5.73 Å². The number of carbonyl (C=O) groups excluding carboxylic acids is 1. The van der Waals surface area contributed by atoms with E-state index in [-0.39, 0.29) is 12.0 Å². The molecule has 94 valence electrons. The van der Waals surface area contributed by atoms with Crippen molar-refractivity contribution >= 4 is 5.78 Å². The van der Waals surface area contributed by atoms with Gasteiger partial charge in [-0.05, 0) is 32.3 Å². The van der Waals surface area contributed by atoms with Crippen molar-refractivity contribution in [3.63, 3.8) is 0 Å². The van der Waals surface area contributed by atoms with E-state index in [9.17, 15) is 4.79 Å². The number of aromatic nitrogens is 2. The molecule has 17 heavy (non-hydrogen) atoms. The van der Waals surface area contributed by atoms with Gasteiger partial charge in [0.05, 0.1) is 5.69 Å². The molecule has 0 aromatic carbocycles. The van der Waals surface area contributed by atoms with Crippen molar-refractivity contribution in [1.82, 2.24) is 9.78 Å². The minimum absolute atomic E-state index is 0.161. The SMILES string of the molecule is Cc1cc(CC(=O)C2CCCC(N)C2)n(C)n1. The lowest BCUT2D eigenvalue weighted by atomic mass is 9.82. The van der Waals surface area contributed by atoms with Crippen molar-refractivity contribution in [3.8, 4) is 0 Å². The zero-order valence-corrected chi connectivity index (χ0v) is 10.6. The maximum atomic E-state index is 12.2. The van der Waals surface area contributed by atoms with Gasteiger partial charge in [0.2, 0.25) is 0 Å². The number of hydrogen-bond donors (Lipinski definition) is 1. The highest BCUT2D eigenvalue weighted by atomic mass is 16.1. The molecule has 0 aliphatic heterocycles. The standard InChI is InChI=1S/C13H21N3O/c1-9-6-12(16(2)15-9)8-13(17)10-4-3-5-11(14)7-10/h6,10-11H,3-5,7-8,14H2,1-2H3. The minimum atomic E-state index is 0.161. The van der Waals surface area contributed by atoms with Crippen LogP contribution in [0, 0.1) is 12.8 Å². The number of hydrogen-bond acceptors (Lipinski definition) is 3. The Morgan fingerprint density at radius 1 is 1.59 bits per heavy atom. The van der Waals surface area contributed by atoms with Gasteiger partial charge < -0.3 is 5.73 Å². The van der Waals surface area contributed by atoms with Gasteiger partial charge in [0.25, 0.3) is 0 Å². The van der Waals surface area contributed by atoms with Crippen molar-refractivity contribution in [1.29, 1.82) is 0 Å². The highest BCUT2D eigenvalue weighted by Crippen LogP contribution is 2.25. The van der Waals surface area contributed by atoms with E-state index in [1.165, 1.54) is 0 Å². The van der Waals surface area contributed by atoms with Crippen LogP contribution in [0.2, 0.25) is 0 Å². The molecule has 1 aromatic rings. The summed E-state index contributed by atoms with van der Waals surface area (Å²) in [6.07, 6.45) is 4.50. The molecule has 2 rings (SSSR count). The largest absolute Gasteiger partial charge is 0.328 e. The first-order valence-electron chi connectivity index (χ1n) is 6.34. The van der Waals surface area contributed by atoms with Crippen LogP contribution in [-0.4, -0.2) is 21.6 Å². The molecule has 1 fully saturated rings. The highest BCUT2D eigenvalue weighted by Gasteiger charge is 2.25. The van der Waals surface area contributed by atoms with E-state index in [0.29, 0.717) is 12.2 Å². The van der Waals surface area contributed by atoms with Crippen molar-refractivity contribution < 1.29 is 4.79 Å². The van der Waals surface area contributed by atoms with Gasteiger partial charge in [0.15, 0.2) is 0 Å². The molecule has 1 aliphatic rings. The zero-order chi connectivity index (χ0) is 12.4. The maximum Gasteiger partial charge on any atom is 0.141 e. The Labute approximate surface area is 102 Å². The van der Waals surface area contributed by atoms with Gasteiger partial charge in [-0.15, -0.1) is 0 Å². The van der Waals surface area contributed by atoms with E-state index in [4.69, 9.17) is 5.73 Å². The first-order valence-corrected chi connectivity index (χ1v) is 6.34. The molecule has 4 nitrogen and oxygen atoms in total. The minimum Gasteiger partial charge on any atom is -0.328 e. The lowest BCUT2D eigenvalue weighted by Crippen LogP contribution is -2.32. The molecule has 0 bridgehead atoms. The number of carbonyl (C=O) groups is 1. The quantitative estimate of drug-likeness (QED) is 0.860. The van der Waals surface area contributed by atoms with E-state index in [0.717, 1.165) is 37.1 Å². The molecule has 1 saturated carbocycles. The number of rotatable bonds is 3. The third-order valence-corrected chi connectivity index (χ3v) is 3.62. The second-order valence-electron chi connectivity index (χ2n) is 5.17. The van der Waals surface area contributed by atoms with Crippen LogP contribution in [0.4, 0.5) is 0 Å². The van der Waals surface area contributed by atoms with Crippen LogP contribution in [0.3, 0.4) is 0 Å². The normalized spacial score (nSPS) is 24.9. The first kappa shape index (κ1) is 12.3. The van der Waals surface area contributed by atoms with E-state index >= 15 is 0 Å². The zero-order valence-electron chi connectivity index (χ0n) is 10.6. The van der Waals surface area contributed by atoms with Gasteiger partial charge in [-0.1, -0.05) is 6.42 Å². The number of ketones is 1. The van der Waals surface area contributed by atoms with Gasteiger partial charge in [-0.3, -0.25) is 9.48 Å². The Morgan fingerprint density at radius 3 is 2.94 bits per heavy atom.